The van der Waals surface area contributed by atoms with Crippen molar-refractivity contribution in [2.24, 2.45) is 5.92 Å². The van der Waals surface area contributed by atoms with E-state index in [4.69, 9.17) is 9.15 Å². The van der Waals surface area contributed by atoms with Crippen LogP contribution in [0.2, 0.25) is 0 Å². The van der Waals surface area contributed by atoms with Gasteiger partial charge >= 0.3 is 5.63 Å². The van der Waals surface area contributed by atoms with Gasteiger partial charge in [0, 0.05) is 44.7 Å². The van der Waals surface area contributed by atoms with E-state index in [-0.39, 0.29) is 5.63 Å². The van der Waals surface area contributed by atoms with Gasteiger partial charge in [-0.15, -0.1) is 0 Å². The summed E-state index contributed by atoms with van der Waals surface area (Å²) in [6.07, 6.45) is 3.50. The molecule has 27 heavy (non-hydrogen) atoms. The van der Waals surface area contributed by atoms with Crippen LogP contribution in [-0.4, -0.2) is 56.7 Å². The van der Waals surface area contributed by atoms with E-state index in [1.54, 1.807) is 13.2 Å². The van der Waals surface area contributed by atoms with Crippen LogP contribution in [-0.2, 0) is 17.7 Å². The summed E-state index contributed by atoms with van der Waals surface area (Å²) in [6.45, 7) is 8.07. The molecule has 0 saturated carbocycles. The normalized spacial score (nSPS) is 18.4. The fourth-order valence-corrected chi connectivity index (χ4v) is 4.15. The van der Waals surface area contributed by atoms with Gasteiger partial charge < -0.3 is 19.0 Å². The number of hydrogen-bond acceptors (Lipinski definition) is 5. The average Bonchev–Trinajstić information content (AvgIpc) is 2.66. The number of hydrogen-bond donors (Lipinski definition) is 0. The molecule has 1 aromatic heterocycles. The van der Waals surface area contributed by atoms with Crippen molar-refractivity contribution in [3.8, 4) is 0 Å². The minimum atomic E-state index is -0.265. The molecule has 148 valence electrons. The van der Waals surface area contributed by atoms with Crippen molar-refractivity contribution in [1.29, 1.82) is 0 Å². The van der Waals surface area contributed by atoms with Crippen LogP contribution in [0.5, 0.6) is 0 Å². The average molecular weight is 373 g/mol. The second-order valence-electron chi connectivity index (χ2n) is 7.77. The summed E-state index contributed by atoms with van der Waals surface area (Å²) in [7, 11) is 3.91. The molecular formula is C22H32N2O3. The lowest BCUT2D eigenvalue weighted by Crippen LogP contribution is -2.41. The maximum Gasteiger partial charge on any atom is 0.336 e. The number of nitrogens with zero attached hydrogens (tertiary/aromatic N) is 2. The molecule has 1 atom stereocenters. The zero-order valence-corrected chi connectivity index (χ0v) is 16.9. The van der Waals surface area contributed by atoms with Crippen LogP contribution < -0.4 is 5.63 Å². The van der Waals surface area contributed by atoms with E-state index >= 15 is 0 Å². The largest absolute Gasteiger partial charge is 0.423 e. The molecule has 0 spiro atoms. The molecule has 0 N–H and O–H groups in total. The number of ether oxygens (including phenoxy) is 1. The number of methoxy groups -OCH3 is 1. The minimum Gasteiger partial charge on any atom is -0.423 e. The summed E-state index contributed by atoms with van der Waals surface area (Å²) in [5.74, 6) is 0.665. The molecule has 1 saturated heterocycles. The van der Waals surface area contributed by atoms with Gasteiger partial charge in [0.05, 0.1) is 6.61 Å². The molecule has 1 fully saturated rings. The molecule has 0 radical (unpaired) electrons. The van der Waals surface area contributed by atoms with Crippen LogP contribution in [0.3, 0.4) is 0 Å². The van der Waals surface area contributed by atoms with Gasteiger partial charge in [0.2, 0.25) is 0 Å². The molecular weight excluding hydrogens is 340 g/mol. The van der Waals surface area contributed by atoms with Gasteiger partial charge in [0.15, 0.2) is 0 Å². The van der Waals surface area contributed by atoms with E-state index in [0.717, 1.165) is 50.2 Å². The first kappa shape index (κ1) is 20.1. The van der Waals surface area contributed by atoms with E-state index in [1.165, 1.54) is 24.9 Å². The summed E-state index contributed by atoms with van der Waals surface area (Å²) in [5, 5.41) is 1.06. The number of rotatable bonds is 8. The Morgan fingerprint density at radius 2 is 2.19 bits per heavy atom. The third-order valence-electron chi connectivity index (χ3n) is 5.53. The van der Waals surface area contributed by atoms with Crippen LogP contribution in [0.1, 0.15) is 30.9 Å². The predicted molar refractivity (Wildman–Crippen MR) is 109 cm³/mol. The first-order chi connectivity index (χ1) is 13.1. The molecule has 1 aromatic carbocycles. The number of benzene rings is 1. The van der Waals surface area contributed by atoms with Crippen molar-refractivity contribution in [1.82, 2.24) is 9.80 Å². The fraction of sp³-hybridized carbons (Fsp3) is 0.591. The second kappa shape index (κ2) is 9.49. The highest BCUT2D eigenvalue weighted by atomic mass is 16.5. The summed E-state index contributed by atoms with van der Waals surface area (Å²) in [5.41, 5.74) is 2.75. The number of piperidine rings is 1. The molecule has 5 nitrogen and oxygen atoms in total. The van der Waals surface area contributed by atoms with E-state index in [1.807, 2.05) is 12.1 Å². The topological polar surface area (TPSA) is 45.9 Å². The summed E-state index contributed by atoms with van der Waals surface area (Å²) >= 11 is 0. The van der Waals surface area contributed by atoms with Crippen molar-refractivity contribution < 1.29 is 9.15 Å². The Morgan fingerprint density at radius 1 is 1.33 bits per heavy atom. The molecule has 0 aliphatic carbocycles. The Kier molecular flexibility index (Phi) is 7.05. The molecule has 0 bridgehead atoms. The molecule has 1 aliphatic rings. The third-order valence-corrected chi connectivity index (χ3v) is 5.53. The maximum atomic E-state index is 12.0. The zero-order chi connectivity index (χ0) is 19.2. The molecule has 1 unspecified atom stereocenters. The summed E-state index contributed by atoms with van der Waals surface area (Å²) in [6, 6.07) is 7.78. The van der Waals surface area contributed by atoms with E-state index < -0.39 is 0 Å². The summed E-state index contributed by atoms with van der Waals surface area (Å²) in [4.78, 5) is 16.8. The highest BCUT2D eigenvalue weighted by Gasteiger charge is 2.21. The van der Waals surface area contributed by atoms with Crippen molar-refractivity contribution in [2.75, 3.05) is 46.9 Å². The van der Waals surface area contributed by atoms with E-state index in [2.05, 4.69) is 29.8 Å². The van der Waals surface area contributed by atoms with Crippen molar-refractivity contribution in [2.45, 2.75) is 32.7 Å². The van der Waals surface area contributed by atoms with Crippen molar-refractivity contribution in [3.05, 3.63) is 45.8 Å². The van der Waals surface area contributed by atoms with Crippen LogP contribution >= 0.6 is 0 Å². The van der Waals surface area contributed by atoms with Gasteiger partial charge in [-0.2, -0.15) is 0 Å². The van der Waals surface area contributed by atoms with Crippen LogP contribution in [0.4, 0.5) is 0 Å². The highest BCUT2D eigenvalue weighted by Crippen LogP contribution is 2.22. The van der Waals surface area contributed by atoms with E-state index in [0.29, 0.717) is 11.5 Å². The Balaban J connectivity index is 1.68. The first-order valence-electron chi connectivity index (χ1n) is 10.0. The zero-order valence-electron chi connectivity index (χ0n) is 16.9. The van der Waals surface area contributed by atoms with Gasteiger partial charge in [-0.25, -0.2) is 4.79 Å². The monoisotopic (exact) mass is 372 g/mol. The van der Waals surface area contributed by atoms with Crippen LogP contribution in [0, 0.1) is 5.92 Å². The lowest BCUT2D eigenvalue weighted by atomic mass is 9.97. The Hall–Kier alpha value is -1.69. The van der Waals surface area contributed by atoms with Gasteiger partial charge in [0.1, 0.15) is 5.58 Å². The Morgan fingerprint density at radius 3 is 2.96 bits per heavy atom. The number of likely N-dealkylation sites (tertiary alicyclic amines) is 1. The van der Waals surface area contributed by atoms with Crippen LogP contribution in [0.25, 0.3) is 11.0 Å². The number of fused-ring (bicyclic) bond motifs is 1. The molecule has 3 rings (SSSR count). The van der Waals surface area contributed by atoms with Crippen LogP contribution in [0.15, 0.2) is 33.5 Å². The first-order valence-corrected chi connectivity index (χ1v) is 10.0. The van der Waals surface area contributed by atoms with Gasteiger partial charge in [-0.1, -0.05) is 13.0 Å². The van der Waals surface area contributed by atoms with Gasteiger partial charge in [-0.3, -0.25) is 0 Å². The number of aryl methyl sites for hydroxylation is 1. The Bertz CT molecular complexity index is 802. The smallest absolute Gasteiger partial charge is 0.336 e. The Labute approximate surface area is 161 Å². The minimum absolute atomic E-state index is 0.265. The second-order valence-corrected chi connectivity index (χ2v) is 7.77. The van der Waals surface area contributed by atoms with Gasteiger partial charge in [0.25, 0.3) is 0 Å². The SMILES string of the molecule is CCc1ccc2oc(=O)cc(CN(C)CC3CCCN(CCOC)C3)c2c1. The molecule has 5 heteroatoms. The molecule has 0 amide bonds. The lowest BCUT2D eigenvalue weighted by Gasteiger charge is -2.34. The maximum absolute atomic E-state index is 12.0. The van der Waals surface area contributed by atoms with Gasteiger partial charge in [-0.05, 0) is 62.0 Å². The predicted octanol–water partition coefficient (Wildman–Crippen LogP) is 3.15. The van der Waals surface area contributed by atoms with Crippen molar-refractivity contribution in [3.63, 3.8) is 0 Å². The third kappa shape index (κ3) is 5.41. The summed E-state index contributed by atoms with van der Waals surface area (Å²) < 4.78 is 10.6. The highest BCUT2D eigenvalue weighted by molar-refractivity contribution is 5.80. The standard InChI is InChI=1S/C22H32N2O3/c1-4-17-7-8-21-20(12-17)19(13-22(25)27-21)16-23(2)14-18-6-5-9-24(15-18)10-11-26-3/h7-8,12-13,18H,4-6,9-11,14-16H2,1-3H3. The molecule has 2 aromatic rings. The molecule has 1 aliphatic heterocycles. The molecule has 2 heterocycles. The van der Waals surface area contributed by atoms with Crippen molar-refractivity contribution >= 4 is 11.0 Å². The lowest BCUT2D eigenvalue weighted by molar-refractivity contribution is 0.102. The van der Waals surface area contributed by atoms with E-state index in [9.17, 15) is 4.79 Å². The fourth-order valence-electron chi connectivity index (χ4n) is 4.15. The quantitative estimate of drug-likeness (QED) is 0.666.